The van der Waals surface area contributed by atoms with Crippen molar-refractivity contribution < 1.29 is 19.1 Å². The first-order chi connectivity index (χ1) is 20.6. The molecule has 1 aliphatic carbocycles. The van der Waals surface area contributed by atoms with Gasteiger partial charge in [0.15, 0.2) is 0 Å². The molecule has 224 valence electrons. The lowest BCUT2D eigenvalue weighted by Crippen LogP contribution is -2.30. The van der Waals surface area contributed by atoms with Gasteiger partial charge >= 0.3 is 17.6 Å². The molecule has 2 aromatic carbocycles. The van der Waals surface area contributed by atoms with Crippen LogP contribution < -0.4 is 11.2 Å². The highest BCUT2D eigenvalue weighted by Crippen LogP contribution is 2.44. The van der Waals surface area contributed by atoms with Gasteiger partial charge in [-0.3, -0.25) is 14.6 Å². The van der Waals surface area contributed by atoms with E-state index in [4.69, 9.17) is 37.7 Å². The minimum atomic E-state index is -0.906. The number of hydrogen-bond donors (Lipinski definition) is 1. The molecule has 1 saturated carbocycles. The number of ether oxygens (including phenoxy) is 2. The van der Waals surface area contributed by atoms with E-state index in [1.165, 1.54) is 12.1 Å². The highest BCUT2D eigenvalue weighted by Gasteiger charge is 2.35. The number of rotatable bonds is 8. The molecule has 2 aromatic heterocycles. The lowest BCUT2D eigenvalue weighted by Gasteiger charge is -2.25. The standard InChI is InChI=1S/C30H28Cl2N4O6S/c1-30(2,23-20(31)13-19(14-21(23)32)36-29(40)34-22(37)15-33-36)28-35-24(17-9-5-3-6-10-17)25(43-28)27(39)42-16-41-26(38)18-11-7-4-8-12-18/h3,5-6,9-10,13-15,18H,4,7-8,11-12,16H2,1-2H3,(H,34,37,40). The number of esters is 2. The van der Waals surface area contributed by atoms with Crippen molar-refractivity contribution in [2.45, 2.75) is 51.4 Å². The van der Waals surface area contributed by atoms with Crippen LogP contribution in [0.5, 0.6) is 0 Å². The first-order valence-corrected chi connectivity index (χ1v) is 15.2. The van der Waals surface area contributed by atoms with Crippen LogP contribution in [0.3, 0.4) is 0 Å². The number of thiazole rings is 1. The Balaban J connectivity index is 1.45. The van der Waals surface area contributed by atoms with E-state index in [9.17, 15) is 19.2 Å². The zero-order valence-electron chi connectivity index (χ0n) is 23.4. The minimum absolute atomic E-state index is 0.164. The summed E-state index contributed by atoms with van der Waals surface area (Å²) in [5, 5.41) is 4.83. The number of H-pyrrole nitrogens is 1. The molecule has 1 aliphatic rings. The van der Waals surface area contributed by atoms with Gasteiger partial charge in [0, 0.05) is 26.6 Å². The molecule has 13 heteroatoms. The molecule has 10 nitrogen and oxygen atoms in total. The molecule has 5 rings (SSSR count). The van der Waals surface area contributed by atoms with Crippen molar-refractivity contribution in [2.75, 3.05) is 6.79 Å². The Morgan fingerprint density at radius 2 is 1.72 bits per heavy atom. The van der Waals surface area contributed by atoms with E-state index in [2.05, 4.69) is 10.1 Å². The Labute approximate surface area is 260 Å². The second-order valence-electron chi connectivity index (χ2n) is 10.7. The average Bonchev–Trinajstić information content (AvgIpc) is 3.44. The number of halogens is 2. The van der Waals surface area contributed by atoms with Gasteiger partial charge < -0.3 is 9.47 Å². The Bertz CT molecular complexity index is 1750. The van der Waals surface area contributed by atoms with Crippen molar-refractivity contribution in [3.8, 4) is 16.9 Å². The van der Waals surface area contributed by atoms with Crippen LogP contribution >= 0.6 is 34.5 Å². The van der Waals surface area contributed by atoms with Crippen molar-refractivity contribution in [1.29, 1.82) is 0 Å². The van der Waals surface area contributed by atoms with Gasteiger partial charge in [-0.25, -0.2) is 14.6 Å². The van der Waals surface area contributed by atoms with Crippen LogP contribution in [0.4, 0.5) is 0 Å². The van der Waals surface area contributed by atoms with Crippen LogP contribution in [0.15, 0.2) is 58.3 Å². The maximum absolute atomic E-state index is 13.3. The van der Waals surface area contributed by atoms with E-state index in [-0.39, 0.29) is 32.5 Å². The monoisotopic (exact) mass is 642 g/mol. The average molecular weight is 644 g/mol. The van der Waals surface area contributed by atoms with Gasteiger partial charge in [-0.15, -0.1) is 11.3 Å². The van der Waals surface area contributed by atoms with Crippen molar-refractivity contribution in [3.05, 3.63) is 95.0 Å². The molecule has 0 unspecified atom stereocenters. The quantitative estimate of drug-likeness (QED) is 0.185. The molecule has 1 N–H and O–H groups in total. The highest BCUT2D eigenvalue weighted by atomic mass is 35.5. The first-order valence-electron chi connectivity index (χ1n) is 13.7. The van der Waals surface area contributed by atoms with Crippen molar-refractivity contribution in [1.82, 2.24) is 19.7 Å². The van der Waals surface area contributed by atoms with Gasteiger partial charge in [-0.1, -0.05) is 72.8 Å². The summed E-state index contributed by atoms with van der Waals surface area (Å²) in [5.74, 6) is -1.19. The molecule has 0 amide bonds. The topological polar surface area (TPSA) is 133 Å². The molecular weight excluding hydrogens is 615 g/mol. The molecule has 0 atom stereocenters. The molecule has 4 aromatic rings. The van der Waals surface area contributed by atoms with Gasteiger partial charge in [0.2, 0.25) is 6.79 Å². The summed E-state index contributed by atoms with van der Waals surface area (Å²) < 4.78 is 11.6. The number of benzene rings is 2. The number of carbonyl (C=O) groups is 2. The molecule has 0 saturated heterocycles. The molecule has 0 spiro atoms. The highest BCUT2D eigenvalue weighted by molar-refractivity contribution is 7.14. The van der Waals surface area contributed by atoms with Gasteiger partial charge in [-0.05, 0) is 38.8 Å². The lowest BCUT2D eigenvalue weighted by atomic mass is 9.85. The zero-order chi connectivity index (χ0) is 30.7. The van der Waals surface area contributed by atoms with Crippen molar-refractivity contribution >= 4 is 46.5 Å². The van der Waals surface area contributed by atoms with Crippen molar-refractivity contribution in [3.63, 3.8) is 0 Å². The third-order valence-corrected chi connectivity index (χ3v) is 9.29. The molecule has 0 bridgehead atoms. The minimum Gasteiger partial charge on any atom is -0.428 e. The first kappa shape index (κ1) is 30.7. The number of nitrogens with zero attached hydrogens (tertiary/aromatic N) is 3. The molecular formula is C30H28Cl2N4O6S. The van der Waals surface area contributed by atoms with Crippen LogP contribution in [-0.2, 0) is 19.7 Å². The Morgan fingerprint density at radius 1 is 1.05 bits per heavy atom. The summed E-state index contributed by atoms with van der Waals surface area (Å²) in [6.45, 7) is 3.23. The third kappa shape index (κ3) is 6.58. The van der Waals surface area contributed by atoms with Crippen LogP contribution in [0.1, 0.15) is 66.2 Å². The predicted molar refractivity (Wildman–Crippen MR) is 163 cm³/mol. The molecule has 1 fully saturated rings. The number of nitrogens with one attached hydrogen (secondary N) is 1. The molecule has 0 radical (unpaired) electrons. The maximum atomic E-state index is 13.3. The van der Waals surface area contributed by atoms with Gasteiger partial charge in [-0.2, -0.15) is 9.78 Å². The Morgan fingerprint density at radius 3 is 2.37 bits per heavy atom. The summed E-state index contributed by atoms with van der Waals surface area (Å²) in [6, 6.07) is 12.2. The fourth-order valence-corrected chi connectivity index (χ4v) is 7.14. The molecule has 2 heterocycles. The van der Waals surface area contributed by atoms with E-state index in [0.29, 0.717) is 21.8 Å². The summed E-state index contributed by atoms with van der Waals surface area (Å²) in [7, 11) is 0. The summed E-state index contributed by atoms with van der Waals surface area (Å²) >= 11 is 14.6. The van der Waals surface area contributed by atoms with Gasteiger partial charge in [0.25, 0.3) is 5.56 Å². The fraction of sp³-hybridized carbons (Fsp3) is 0.333. The Hall–Kier alpha value is -3.80. The van der Waals surface area contributed by atoms with Gasteiger partial charge in [0.1, 0.15) is 16.1 Å². The number of aromatic nitrogens is 4. The van der Waals surface area contributed by atoms with Crippen LogP contribution in [0.25, 0.3) is 16.9 Å². The normalized spacial score (nSPS) is 14.0. The number of carbonyl (C=O) groups excluding carboxylic acids is 2. The second kappa shape index (κ2) is 12.8. The van der Waals surface area contributed by atoms with E-state index < -0.39 is 29.4 Å². The SMILES string of the molecule is CC(C)(c1nc(-c2ccccc2)c(C(=O)OCOC(=O)C2CCCCC2)s1)c1c(Cl)cc(-n2ncc(=O)[nH]c2=O)cc1Cl. The smallest absolute Gasteiger partial charge is 0.353 e. The molecule has 0 aliphatic heterocycles. The third-order valence-electron chi connectivity index (χ3n) is 7.33. The van der Waals surface area contributed by atoms with Crippen molar-refractivity contribution in [2.24, 2.45) is 5.92 Å². The predicted octanol–water partition coefficient (Wildman–Crippen LogP) is 5.91. The summed E-state index contributed by atoms with van der Waals surface area (Å²) in [5.41, 5.74) is -0.416. The largest absolute Gasteiger partial charge is 0.428 e. The summed E-state index contributed by atoms with van der Waals surface area (Å²) in [4.78, 5) is 56.7. The van der Waals surface area contributed by atoms with Crippen LogP contribution in [0, 0.1) is 5.92 Å². The van der Waals surface area contributed by atoms with E-state index >= 15 is 0 Å². The number of aromatic amines is 1. The molecule has 43 heavy (non-hydrogen) atoms. The van der Waals surface area contributed by atoms with E-state index in [1.54, 1.807) is 0 Å². The van der Waals surface area contributed by atoms with Crippen LogP contribution in [0.2, 0.25) is 10.0 Å². The van der Waals surface area contributed by atoms with E-state index in [0.717, 1.165) is 54.3 Å². The Kier molecular flexibility index (Phi) is 9.14. The zero-order valence-corrected chi connectivity index (χ0v) is 25.7. The maximum Gasteiger partial charge on any atom is 0.353 e. The van der Waals surface area contributed by atoms with Crippen LogP contribution in [-0.4, -0.2) is 38.5 Å². The van der Waals surface area contributed by atoms with Gasteiger partial charge in [0.05, 0.1) is 17.3 Å². The lowest BCUT2D eigenvalue weighted by molar-refractivity contribution is -0.158. The summed E-state index contributed by atoms with van der Waals surface area (Å²) in [6.07, 6.45) is 5.61. The number of hydrogen-bond acceptors (Lipinski definition) is 9. The van der Waals surface area contributed by atoms with E-state index in [1.807, 2.05) is 44.2 Å². The fourth-order valence-electron chi connectivity index (χ4n) is 5.10. The second-order valence-corrected chi connectivity index (χ2v) is 12.5.